The van der Waals surface area contributed by atoms with E-state index >= 15 is 0 Å². The fourth-order valence-electron chi connectivity index (χ4n) is 4.75. The van der Waals surface area contributed by atoms with Crippen molar-refractivity contribution < 1.29 is 0 Å². The first-order valence-electron chi connectivity index (χ1n) is 13.2. The largest absolute Gasteiger partial charge is 0.0678 e. The van der Waals surface area contributed by atoms with Crippen molar-refractivity contribution in [3.63, 3.8) is 0 Å². The van der Waals surface area contributed by atoms with Gasteiger partial charge in [0.15, 0.2) is 0 Å². The summed E-state index contributed by atoms with van der Waals surface area (Å²) in [5.41, 5.74) is 0. The van der Waals surface area contributed by atoms with Gasteiger partial charge in [-0.25, -0.2) is 0 Å². The van der Waals surface area contributed by atoms with Gasteiger partial charge in [-0.05, 0) is 0 Å². The van der Waals surface area contributed by atoms with Crippen molar-refractivity contribution >= 4 is 8.07 Å². The molecule has 0 amide bonds. The Kier molecular flexibility index (Phi) is 21.1. The third-order valence-electron chi connectivity index (χ3n) is 6.93. The minimum absolute atomic E-state index is 0.975. The van der Waals surface area contributed by atoms with Crippen molar-refractivity contribution in [3.05, 3.63) is 0 Å². The molecule has 0 aliphatic heterocycles. The average molecular weight is 397 g/mol. The normalized spacial score (nSPS) is 12.0. The molecule has 27 heavy (non-hydrogen) atoms. The average Bonchev–Trinajstić information content (AvgIpc) is 2.69. The van der Waals surface area contributed by atoms with E-state index in [-0.39, 0.29) is 0 Å². The van der Waals surface area contributed by atoms with Crippen LogP contribution in [0.25, 0.3) is 0 Å². The monoisotopic (exact) mass is 396 g/mol. The van der Waals surface area contributed by atoms with Crippen LogP contribution in [0, 0.1) is 0 Å². The van der Waals surface area contributed by atoms with E-state index in [4.69, 9.17) is 0 Å². The van der Waals surface area contributed by atoms with Crippen LogP contribution in [0.1, 0.15) is 143 Å². The van der Waals surface area contributed by atoms with Crippen LogP contribution < -0.4 is 0 Å². The van der Waals surface area contributed by atoms with E-state index in [9.17, 15) is 0 Å². The highest BCUT2D eigenvalue weighted by Crippen LogP contribution is 2.33. The lowest BCUT2D eigenvalue weighted by molar-refractivity contribution is 0.605. The molecule has 0 unspecified atom stereocenters. The van der Waals surface area contributed by atoms with E-state index in [1.165, 1.54) is 96.3 Å². The molecule has 0 radical (unpaired) electrons. The quantitative estimate of drug-likeness (QED) is 0.126. The summed E-state index contributed by atoms with van der Waals surface area (Å²) in [5.74, 6) is 0. The third kappa shape index (κ3) is 16.8. The molecule has 0 heterocycles. The fourth-order valence-corrected chi connectivity index (χ4v) is 9.56. The Balaban J connectivity index is 4.23. The molecular weight excluding hydrogens is 340 g/mol. The second-order valence-electron chi connectivity index (χ2n) is 9.41. The molecule has 0 bridgehead atoms. The predicted molar refractivity (Wildman–Crippen MR) is 131 cm³/mol. The maximum atomic E-state index is 2.55. The first kappa shape index (κ1) is 27.2. The SMILES string of the molecule is CCCCCCCC[Si](CC)(CCCCCCCC)CCCCCCCC. The summed E-state index contributed by atoms with van der Waals surface area (Å²) in [6.07, 6.45) is 26.6. The standard InChI is InChI=1S/C26H56Si/c1-5-9-12-15-18-21-24-27(8-4,25-22-19-16-13-10-6-2)26-23-20-17-14-11-7-3/h5-26H2,1-4H3. The molecule has 1 heteroatoms. The molecule has 0 aromatic rings. The van der Waals surface area contributed by atoms with Crippen molar-refractivity contribution in [2.45, 2.75) is 167 Å². The number of unbranched alkanes of at least 4 members (excludes halogenated alkanes) is 15. The second-order valence-corrected chi connectivity index (χ2v) is 14.6. The molecule has 0 spiro atoms. The van der Waals surface area contributed by atoms with Crippen molar-refractivity contribution in [2.24, 2.45) is 0 Å². The number of rotatable bonds is 22. The van der Waals surface area contributed by atoms with Gasteiger partial charge in [0.05, 0.1) is 8.07 Å². The fraction of sp³-hybridized carbons (Fsp3) is 1.00. The minimum Gasteiger partial charge on any atom is -0.0678 e. The Hall–Kier alpha value is 0.217. The first-order chi connectivity index (χ1) is 13.2. The van der Waals surface area contributed by atoms with Crippen LogP contribution in [0.4, 0.5) is 0 Å². The van der Waals surface area contributed by atoms with Crippen molar-refractivity contribution in [1.29, 1.82) is 0 Å². The summed E-state index contributed by atoms with van der Waals surface area (Å²) < 4.78 is 0. The van der Waals surface area contributed by atoms with Crippen molar-refractivity contribution in [1.82, 2.24) is 0 Å². The Morgan fingerprint density at radius 2 is 0.593 bits per heavy atom. The Morgan fingerprint density at radius 1 is 0.333 bits per heavy atom. The molecule has 0 atom stereocenters. The van der Waals surface area contributed by atoms with Crippen LogP contribution in [0.3, 0.4) is 0 Å². The lowest BCUT2D eigenvalue weighted by Gasteiger charge is -2.31. The van der Waals surface area contributed by atoms with Crippen LogP contribution in [-0.2, 0) is 0 Å². The highest BCUT2D eigenvalue weighted by Gasteiger charge is 2.28. The summed E-state index contributed by atoms with van der Waals surface area (Å²) in [6, 6.07) is 6.52. The van der Waals surface area contributed by atoms with Gasteiger partial charge >= 0.3 is 0 Å². The minimum atomic E-state index is -0.975. The Labute approximate surface area is 175 Å². The van der Waals surface area contributed by atoms with Gasteiger partial charge in [0.1, 0.15) is 0 Å². The molecular formula is C26H56Si. The van der Waals surface area contributed by atoms with Gasteiger partial charge in [-0.15, -0.1) is 0 Å². The molecule has 0 fully saturated rings. The van der Waals surface area contributed by atoms with E-state index in [0.29, 0.717) is 0 Å². The van der Waals surface area contributed by atoms with E-state index in [1.54, 1.807) is 43.4 Å². The summed E-state index contributed by atoms with van der Waals surface area (Å²) in [4.78, 5) is 0. The molecule has 0 nitrogen and oxygen atoms in total. The van der Waals surface area contributed by atoms with Crippen LogP contribution in [-0.4, -0.2) is 8.07 Å². The summed E-state index contributed by atoms with van der Waals surface area (Å²) in [5, 5.41) is 0. The van der Waals surface area contributed by atoms with Gasteiger partial charge in [-0.3, -0.25) is 0 Å². The molecule has 0 aliphatic rings. The number of hydrogen-bond donors (Lipinski definition) is 0. The Bertz CT molecular complexity index is 233. The van der Waals surface area contributed by atoms with Crippen LogP contribution in [0.15, 0.2) is 0 Å². The zero-order valence-corrected chi connectivity index (χ0v) is 21.1. The molecule has 0 saturated carbocycles. The summed E-state index contributed by atoms with van der Waals surface area (Å²) >= 11 is 0. The molecule has 0 aromatic carbocycles. The topological polar surface area (TPSA) is 0 Å². The van der Waals surface area contributed by atoms with E-state index in [0.717, 1.165) is 0 Å². The van der Waals surface area contributed by atoms with Crippen LogP contribution in [0.5, 0.6) is 0 Å². The van der Waals surface area contributed by atoms with Gasteiger partial charge < -0.3 is 0 Å². The summed E-state index contributed by atoms with van der Waals surface area (Å²) in [6.45, 7) is 9.54. The lowest BCUT2D eigenvalue weighted by Crippen LogP contribution is -2.32. The highest BCUT2D eigenvalue weighted by molar-refractivity contribution is 6.79. The first-order valence-corrected chi connectivity index (χ1v) is 16.1. The van der Waals surface area contributed by atoms with Gasteiger partial charge in [-0.2, -0.15) is 0 Å². The predicted octanol–water partition coefficient (Wildman–Crippen LogP) is 10.5. The summed E-state index contributed by atoms with van der Waals surface area (Å²) in [7, 11) is -0.975. The lowest BCUT2D eigenvalue weighted by atomic mass is 10.1. The molecule has 164 valence electrons. The second kappa shape index (κ2) is 20.9. The van der Waals surface area contributed by atoms with E-state index < -0.39 is 8.07 Å². The van der Waals surface area contributed by atoms with Gasteiger partial charge in [-0.1, -0.05) is 167 Å². The maximum Gasteiger partial charge on any atom is 0.0533 e. The van der Waals surface area contributed by atoms with E-state index in [2.05, 4.69) is 27.7 Å². The van der Waals surface area contributed by atoms with Crippen molar-refractivity contribution in [2.75, 3.05) is 0 Å². The molecule has 0 saturated heterocycles. The van der Waals surface area contributed by atoms with E-state index in [1.807, 2.05) is 0 Å². The highest BCUT2D eigenvalue weighted by atomic mass is 28.3. The molecule has 0 aromatic heterocycles. The molecule has 0 rings (SSSR count). The van der Waals surface area contributed by atoms with Crippen LogP contribution >= 0.6 is 0 Å². The van der Waals surface area contributed by atoms with Crippen molar-refractivity contribution in [3.8, 4) is 0 Å². The number of hydrogen-bond acceptors (Lipinski definition) is 0. The van der Waals surface area contributed by atoms with Crippen LogP contribution in [0.2, 0.25) is 24.2 Å². The smallest absolute Gasteiger partial charge is 0.0533 e. The van der Waals surface area contributed by atoms with Gasteiger partial charge in [0.25, 0.3) is 0 Å². The van der Waals surface area contributed by atoms with Gasteiger partial charge in [0, 0.05) is 0 Å². The zero-order valence-electron chi connectivity index (χ0n) is 20.1. The van der Waals surface area contributed by atoms with Gasteiger partial charge in [0.2, 0.25) is 0 Å². The molecule has 0 aliphatic carbocycles. The maximum absolute atomic E-state index is 2.55. The third-order valence-corrected chi connectivity index (χ3v) is 12.7. The Morgan fingerprint density at radius 3 is 0.852 bits per heavy atom. The molecule has 0 N–H and O–H groups in total. The zero-order chi connectivity index (χ0) is 20.1.